The number of hydrogen-bond acceptors (Lipinski definition) is 4. The van der Waals surface area contributed by atoms with Gasteiger partial charge in [-0.1, -0.05) is 13.0 Å². The number of sulfone groups is 1. The fourth-order valence-corrected chi connectivity index (χ4v) is 2.35. The number of nitrogens with one attached hydrogen (secondary N) is 1. The van der Waals surface area contributed by atoms with Gasteiger partial charge in [0, 0.05) is 26.4 Å². The highest BCUT2D eigenvalue weighted by Gasteiger charge is 2.19. The molecule has 1 aromatic carbocycles. The SMILES string of the molecule is CCCNc1c(F)cccc1C(=O)N(C)CCS(C)(=O)=O. The van der Waals surface area contributed by atoms with Crippen molar-refractivity contribution in [2.24, 2.45) is 0 Å². The molecule has 1 N–H and O–H groups in total. The minimum atomic E-state index is -3.15. The van der Waals surface area contributed by atoms with E-state index in [1.165, 1.54) is 30.1 Å². The van der Waals surface area contributed by atoms with Crippen molar-refractivity contribution in [3.8, 4) is 0 Å². The van der Waals surface area contributed by atoms with E-state index in [0.717, 1.165) is 12.7 Å². The van der Waals surface area contributed by atoms with Crippen LogP contribution >= 0.6 is 0 Å². The van der Waals surface area contributed by atoms with Gasteiger partial charge in [-0.3, -0.25) is 4.79 Å². The van der Waals surface area contributed by atoms with Crippen molar-refractivity contribution in [1.82, 2.24) is 4.90 Å². The Morgan fingerprint density at radius 3 is 2.62 bits per heavy atom. The Labute approximate surface area is 125 Å². The summed E-state index contributed by atoms with van der Waals surface area (Å²) in [6, 6.07) is 4.27. The number of benzene rings is 1. The third-order valence-corrected chi connectivity index (χ3v) is 3.86. The highest BCUT2D eigenvalue weighted by atomic mass is 32.2. The molecule has 0 aromatic heterocycles. The van der Waals surface area contributed by atoms with Crippen LogP contribution < -0.4 is 5.32 Å². The number of nitrogens with zero attached hydrogens (tertiary/aromatic N) is 1. The summed E-state index contributed by atoms with van der Waals surface area (Å²) in [6.45, 7) is 2.56. The van der Waals surface area contributed by atoms with E-state index in [0.29, 0.717) is 6.54 Å². The number of hydrogen-bond donors (Lipinski definition) is 1. The normalized spacial score (nSPS) is 11.2. The van der Waals surface area contributed by atoms with Crippen molar-refractivity contribution >= 4 is 21.4 Å². The van der Waals surface area contributed by atoms with Crippen LogP contribution in [0.5, 0.6) is 0 Å². The Morgan fingerprint density at radius 2 is 2.05 bits per heavy atom. The first-order valence-electron chi connectivity index (χ1n) is 6.72. The van der Waals surface area contributed by atoms with Gasteiger partial charge in [-0.15, -0.1) is 0 Å². The first kappa shape index (κ1) is 17.4. The number of carbonyl (C=O) groups excluding carboxylic acids is 1. The largest absolute Gasteiger partial charge is 0.382 e. The van der Waals surface area contributed by atoms with E-state index in [9.17, 15) is 17.6 Å². The number of para-hydroxylation sites is 1. The molecule has 0 bridgehead atoms. The lowest BCUT2D eigenvalue weighted by Crippen LogP contribution is -2.32. The minimum Gasteiger partial charge on any atom is -0.382 e. The zero-order valence-electron chi connectivity index (χ0n) is 12.5. The lowest BCUT2D eigenvalue weighted by molar-refractivity contribution is 0.0804. The quantitative estimate of drug-likeness (QED) is 0.832. The van der Waals surface area contributed by atoms with Crippen LogP contribution in [0.1, 0.15) is 23.7 Å². The van der Waals surface area contributed by atoms with Gasteiger partial charge in [0.2, 0.25) is 0 Å². The fraction of sp³-hybridized carbons (Fsp3) is 0.500. The van der Waals surface area contributed by atoms with E-state index in [1.807, 2.05) is 6.92 Å². The average Bonchev–Trinajstić information content (AvgIpc) is 2.41. The van der Waals surface area contributed by atoms with E-state index in [2.05, 4.69) is 5.32 Å². The lowest BCUT2D eigenvalue weighted by Gasteiger charge is -2.19. The number of amides is 1. The maximum absolute atomic E-state index is 13.8. The fourth-order valence-electron chi connectivity index (χ4n) is 1.74. The van der Waals surface area contributed by atoms with Crippen molar-refractivity contribution in [3.63, 3.8) is 0 Å². The summed E-state index contributed by atoms with van der Waals surface area (Å²) < 4.78 is 36.1. The van der Waals surface area contributed by atoms with E-state index in [1.54, 1.807) is 0 Å². The van der Waals surface area contributed by atoms with Crippen LogP contribution in [0.4, 0.5) is 10.1 Å². The van der Waals surface area contributed by atoms with Crippen LogP contribution in [0.15, 0.2) is 18.2 Å². The molecule has 7 heteroatoms. The average molecular weight is 316 g/mol. The van der Waals surface area contributed by atoms with Crippen LogP contribution in [0.2, 0.25) is 0 Å². The molecular weight excluding hydrogens is 295 g/mol. The molecule has 1 rings (SSSR count). The Balaban J connectivity index is 2.93. The van der Waals surface area contributed by atoms with Gasteiger partial charge in [-0.05, 0) is 18.6 Å². The van der Waals surface area contributed by atoms with Gasteiger partial charge in [0.25, 0.3) is 5.91 Å². The molecule has 118 valence electrons. The highest BCUT2D eigenvalue weighted by molar-refractivity contribution is 7.90. The standard InChI is InChI=1S/C14H21FN2O3S/c1-4-8-16-13-11(6-5-7-12(13)15)14(18)17(2)9-10-21(3,19)20/h5-7,16H,4,8-10H2,1-3H3. The summed E-state index contributed by atoms with van der Waals surface area (Å²) in [7, 11) is -1.65. The van der Waals surface area contributed by atoms with Gasteiger partial charge in [0.1, 0.15) is 15.7 Å². The Kier molecular flexibility index (Phi) is 6.14. The van der Waals surface area contributed by atoms with Gasteiger partial charge in [-0.25, -0.2) is 12.8 Å². The van der Waals surface area contributed by atoms with Crippen LogP contribution in [-0.2, 0) is 9.84 Å². The third kappa shape index (κ3) is 5.34. The first-order chi connectivity index (χ1) is 9.76. The molecule has 21 heavy (non-hydrogen) atoms. The van der Waals surface area contributed by atoms with Gasteiger partial charge < -0.3 is 10.2 Å². The molecule has 1 amide bonds. The molecule has 1 aromatic rings. The number of carbonyl (C=O) groups is 1. The van der Waals surface area contributed by atoms with Gasteiger partial charge in [-0.2, -0.15) is 0 Å². The first-order valence-corrected chi connectivity index (χ1v) is 8.78. The molecule has 0 unspecified atom stereocenters. The zero-order chi connectivity index (χ0) is 16.0. The third-order valence-electron chi connectivity index (χ3n) is 2.94. The van der Waals surface area contributed by atoms with Crippen molar-refractivity contribution in [2.45, 2.75) is 13.3 Å². The minimum absolute atomic E-state index is 0.0708. The Hall–Kier alpha value is -1.63. The molecule has 0 saturated heterocycles. The summed E-state index contributed by atoms with van der Waals surface area (Å²) in [5.41, 5.74) is 0.370. The number of rotatable bonds is 7. The van der Waals surface area contributed by atoms with Gasteiger partial charge in [0.05, 0.1) is 17.0 Å². The smallest absolute Gasteiger partial charge is 0.255 e. The molecule has 0 aliphatic rings. The predicted octanol–water partition coefficient (Wildman–Crippen LogP) is 1.76. The second kappa shape index (κ2) is 7.40. The Morgan fingerprint density at radius 1 is 1.38 bits per heavy atom. The van der Waals surface area contributed by atoms with Crippen molar-refractivity contribution in [3.05, 3.63) is 29.6 Å². The van der Waals surface area contributed by atoms with Crippen molar-refractivity contribution < 1.29 is 17.6 Å². The number of halogens is 1. The molecule has 0 radical (unpaired) electrons. The summed E-state index contributed by atoms with van der Waals surface area (Å²) in [4.78, 5) is 13.6. The topological polar surface area (TPSA) is 66.5 Å². The van der Waals surface area contributed by atoms with Gasteiger partial charge >= 0.3 is 0 Å². The molecule has 0 saturated carbocycles. The number of anilines is 1. The molecular formula is C14H21FN2O3S. The van der Waals surface area contributed by atoms with Crippen molar-refractivity contribution in [1.29, 1.82) is 0 Å². The van der Waals surface area contributed by atoms with Gasteiger partial charge in [0.15, 0.2) is 0 Å². The van der Waals surface area contributed by atoms with Crippen molar-refractivity contribution in [2.75, 3.05) is 37.5 Å². The molecule has 0 fully saturated rings. The van der Waals surface area contributed by atoms with E-state index < -0.39 is 21.6 Å². The maximum Gasteiger partial charge on any atom is 0.255 e. The summed E-state index contributed by atoms with van der Waals surface area (Å²) >= 11 is 0. The lowest BCUT2D eigenvalue weighted by atomic mass is 10.1. The van der Waals surface area contributed by atoms with Crippen LogP contribution in [-0.4, -0.2) is 51.4 Å². The molecule has 0 aliphatic heterocycles. The zero-order valence-corrected chi connectivity index (χ0v) is 13.3. The van der Waals surface area contributed by atoms with Crippen LogP contribution in [0.3, 0.4) is 0 Å². The van der Waals surface area contributed by atoms with E-state index in [4.69, 9.17) is 0 Å². The van der Waals surface area contributed by atoms with Crippen LogP contribution in [0.25, 0.3) is 0 Å². The Bertz CT molecular complexity index is 602. The van der Waals surface area contributed by atoms with Crippen LogP contribution in [0, 0.1) is 5.82 Å². The summed E-state index contributed by atoms with van der Waals surface area (Å²) in [6.07, 6.45) is 1.91. The predicted molar refractivity (Wildman–Crippen MR) is 81.9 cm³/mol. The molecule has 0 aliphatic carbocycles. The molecule has 0 spiro atoms. The molecule has 0 atom stereocenters. The second-order valence-electron chi connectivity index (χ2n) is 4.95. The summed E-state index contributed by atoms with van der Waals surface area (Å²) in [5, 5.41) is 2.90. The monoisotopic (exact) mass is 316 g/mol. The summed E-state index contributed by atoms with van der Waals surface area (Å²) in [5.74, 6) is -1.02. The highest BCUT2D eigenvalue weighted by Crippen LogP contribution is 2.21. The van der Waals surface area contributed by atoms with E-state index >= 15 is 0 Å². The van der Waals surface area contributed by atoms with E-state index in [-0.39, 0.29) is 23.5 Å². The maximum atomic E-state index is 13.8. The second-order valence-corrected chi connectivity index (χ2v) is 7.21. The molecule has 0 heterocycles. The molecule has 5 nitrogen and oxygen atoms in total.